The van der Waals surface area contributed by atoms with Crippen LogP contribution < -0.4 is 9.80 Å². The summed E-state index contributed by atoms with van der Waals surface area (Å²) in [6.07, 6.45) is 3.29. The fraction of sp³-hybridized carbons (Fsp3) is 0.389. The Bertz CT molecular complexity index is 722. The van der Waals surface area contributed by atoms with Crippen LogP contribution in [-0.4, -0.2) is 35.2 Å². The third-order valence-corrected chi connectivity index (χ3v) is 4.73. The van der Waals surface area contributed by atoms with Gasteiger partial charge in [0.1, 0.15) is 0 Å². The normalized spacial score (nSPS) is 20.0. The molecule has 5 nitrogen and oxygen atoms in total. The number of hydrogen-bond donors (Lipinski definition) is 0. The summed E-state index contributed by atoms with van der Waals surface area (Å²) in [7, 11) is 0. The molecule has 4 rings (SSSR count). The van der Waals surface area contributed by atoms with Crippen molar-refractivity contribution in [3.8, 4) is 0 Å². The predicted molar refractivity (Wildman–Crippen MR) is 89.9 cm³/mol. The number of carbonyl (C=O) groups excluding carboxylic acids is 1. The fourth-order valence-electron chi connectivity index (χ4n) is 3.55. The van der Waals surface area contributed by atoms with E-state index in [2.05, 4.69) is 28.1 Å². The SMILES string of the molecule is CC1Cc2ccccc2N1C(=O)c1ccc(N2CCCC2)nn1. The quantitative estimate of drug-likeness (QED) is 0.856. The van der Waals surface area contributed by atoms with E-state index >= 15 is 0 Å². The molecule has 1 aromatic heterocycles. The molecule has 0 radical (unpaired) electrons. The first-order chi connectivity index (χ1) is 11.2. The van der Waals surface area contributed by atoms with Gasteiger partial charge in [0, 0.05) is 24.8 Å². The van der Waals surface area contributed by atoms with Crippen LogP contribution in [0.25, 0.3) is 0 Å². The van der Waals surface area contributed by atoms with Gasteiger partial charge in [0.2, 0.25) is 0 Å². The highest BCUT2D eigenvalue weighted by Gasteiger charge is 2.32. The number of benzene rings is 1. The number of anilines is 2. The maximum Gasteiger partial charge on any atom is 0.279 e. The van der Waals surface area contributed by atoms with Gasteiger partial charge in [-0.15, -0.1) is 10.2 Å². The van der Waals surface area contributed by atoms with E-state index in [4.69, 9.17) is 0 Å². The Kier molecular flexibility index (Phi) is 3.48. The standard InChI is InChI=1S/C18H20N4O/c1-13-12-14-6-2-3-7-16(14)22(13)18(23)15-8-9-17(20-19-15)21-10-4-5-11-21/h2-3,6-9,13H,4-5,10-12H2,1H3. The number of nitrogens with zero attached hydrogens (tertiary/aromatic N) is 4. The number of aromatic nitrogens is 2. The van der Waals surface area contributed by atoms with Crippen molar-refractivity contribution in [3.63, 3.8) is 0 Å². The molecule has 118 valence electrons. The zero-order valence-electron chi connectivity index (χ0n) is 13.3. The van der Waals surface area contributed by atoms with Crippen LogP contribution in [0.15, 0.2) is 36.4 Å². The van der Waals surface area contributed by atoms with Crippen molar-refractivity contribution in [2.24, 2.45) is 0 Å². The third kappa shape index (κ3) is 2.46. The molecule has 3 heterocycles. The lowest BCUT2D eigenvalue weighted by Gasteiger charge is -2.22. The van der Waals surface area contributed by atoms with E-state index in [1.165, 1.54) is 18.4 Å². The molecule has 2 aliphatic rings. The van der Waals surface area contributed by atoms with Crippen LogP contribution in [0.5, 0.6) is 0 Å². The summed E-state index contributed by atoms with van der Waals surface area (Å²) in [5.41, 5.74) is 2.63. The second kappa shape index (κ2) is 5.65. The number of para-hydroxylation sites is 1. The summed E-state index contributed by atoms with van der Waals surface area (Å²) in [5, 5.41) is 8.45. The van der Waals surface area contributed by atoms with Gasteiger partial charge in [0.05, 0.1) is 0 Å². The van der Waals surface area contributed by atoms with Crippen molar-refractivity contribution >= 4 is 17.4 Å². The summed E-state index contributed by atoms with van der Waals surface area (Å²) in [5.74, 6) is 0.803. The molecule has 1 amide bonds. The Morgan fingerprint density at radius 1 is 1.09 bits per heavy atom. The van der Waals surface area contributed by atoms with Gasteiger partial charge in [-0.3, -0.25) is 4.79 Å². The van der Waals surface area contributed by atoms with E-state index in [0.29, 0.717) is 5.69 Å². The van der Waals surface area contributed by atoms with Crippen LogP contribution in [0.3, 0.4) is 0 Å². The predicted octanol–water partition coefficient (Wildman–Crippen LogP) is 2.67. The molecule has 1 saturated heterocycles. The second-order valence-corrected chi connectivity index (χ2v) is 6.33. The first-order valence-corrected chi connectivity index (χ1v) is 8.24. The number of rotatable bonds is 2. The van der Waals surface area contributed by atoms with Crippen molar-refractivity contribution in [2.45, 2.75) is 32.2 Å². The van der Waals surface area contributed by atoms with Gasteiger partial charge in [-0.1, -0.05) is 18.2 Å². The van der Waals surface area contributed by atoms with Gasteiger partial charge < -0.3 is 9.80 Å². The summed E-state index contributed by atoms with van der Waals surface area (Å²) in [6, 6.07) is 11.9. The van der Waals surface area contributed by atoms with Gasteiger partial charge >= 0.3 is 0 Å². The monoisotopic (exact) mass is 308 g/mol. The average molecular weight is 308 g/mol. The highest BCUT2D eigenvalue weighted by atomic mass is 16.2. The van der Waals surface area contributed by atoms with Crippen molar-refractivity contribution < 1.29 is 4.79 Å². The Balaban J connectivity index is 1.59. The number of carbonyl (C=O) groups is 1. The minimum atomic E-state index is -0.0667. The molecule has 0 aliphatic carbocycles. The molecule has 0 bridgehead atoms. The summed E-state index contributed by atoms with van der Waals surface area (Å²) in [4.78, 5) is 16.9. The van der Waals surface area contributed by atoms with E-state index in [1.54, 1.807) is 6.07 Å². The first kappa shape index (κ1) is 14.2. The molecule has 1 fully saturated rings. The number of amides is 1. The zero-order valence-corrected chi connectivity index (χ0v) is 13.3. The molecule has 1 atom stereocenters. The molecule has 23 heavy (non-hydrogen) atoms. The Morgan fingerprint density at radius 2 is 1.87 bits per heavy atom. The first-order valence-electron chi connectivity index (χ1n) is 8.24. The minimum absolute atomic E-state index is 0.0667. The highest BCUT2D eigenvalue weighted by molar-refractivity contribution is 6.06. The van der Waals surface area contributed by atoms with Crippen LogP contribution in [0.1, 0.15) is 35.8 Å². The Morgan fingerprint density at radius 3 is 2.61 bits per heavy atom. The topological polar surface area (TPSA) is 49.3 Å². The molecular formula is C18H20N4O. The van der Waals surface area contributed by atoms with E-state index in [0.717, 1.165) is 31.0 Å². The minimum Gasteiger partial charge on any atom is -0.355 e. The molecule has 0 saturated carbocycles. The van der Waals surface area contributed by atoms with Crippen molar-refractivity contribution in [2.75, 3.05) is 22.9 Å². The van der Waals surface area contributed by atoms with Crippen LogP contribution in [-0.2, 0) is 6.42 Å². The van der Waals surface area contributed by atoms with Gasteiger partial charge in [0.15, 0.2) is 11.5 Å². The van der Waals surface area contributed by atoms with E-state index in [9.17, 15) is 4.79 Å². The fourth-order valence-corrected chi connectivity index (χ4v) is 3.55. The maximum atomic E-state index is 12.9. The van der Waals surface area contributed by atoms with Gasteiger partial charge in [0.25, 0.3) is 5.91 Å². The van der Waals surface area contributed by atoms with Crippen LogP contribution >= 0.6 is 0 Å². The van der Waals surface area contributed by atoms with Crippen LogP contribution in [0.2, 0.25) is 0 Å². The van der Waals surface area contributed by atoms with Crippen LogP contribution in [0, 0.1) is 0 Å². The van der Waals surface area contributed by atoms with E-state index in [-0.39, 0.29) is 11.9 Å². The summed E-state index contributed by atoms with van der Waals surface area (Å²) >= 11 is 0. The average Bonchev–Trinajstić information content (AvgIpc) is 3.21. The van der Waals surface area contributed by atoms with Gasteiger partial charge in [-0.25, -0.2) is 0 Å². The molecule has 2 aromatic rings. The second-order valence-electron chi connectivity index (χ2n) is 6.33. The van der Waals surface area contributed by atoms with E-state index in [1.807, 2.05) is 29.2 Å². The molecule has 1 aromatic carbocycles. The lowest BCUT2D eigenvalue weighted by molar-refractivity contribution is 0.0975. The van der Waals surface area contributed by atoms with Gasteiger partial charge in [-0.05, 0) is 49.9 Å². The van der Waals surface area contributed by atoms with E-state index < -0.39 is 0 Å². The lowest BCUT2D eigenvalue weighted by Crippen LogP contribution is -2.36. The smallest absolute Gasteiger partial charge is 0.279 e. The third-order valence-electron chi connectivity index (χ3n) is 4.73. The molecular weight excluding hydrogens is 288 g/mol. The molecule has 5 heteroatoms. The molecule has 1 unspecified atom stereocenters. The largest absolute Gasteiger partial charge is 0.355 e. The zero-order chi connectivity index (χ0) is 15.8. The molecule has 2 aliphatic heterocycles. The number of fused-ring (bicyclic) bond motifs is 1. The Hall–Kier alpha value is -2.43. The van der Waals surface area contributed by atoms with Crippen molar-refractivity contribution in [1.29, 1.82) is 0 Å². The number of hydrogen-bond acceptors (Lipinski definition) is 4. The Labute approximate surface area is 135 Å². The maximum absolute atomic E-state index is 12.9. The summed E-state index contributed by atoms with van der Waals surface area (Å²) < 4.78 is 0. The van der Waals surface area contributed by atoms with Gasteiger partial charge in [-0.2, -0.15) is 0 Å². The van der Waals surface area contributed by atoms with Crippen molar-refractivity contribution in [3.05, 3.63) is 47.7 Å². The van der Waals surface area contributed by atoms with Crippen LogP contribution in [0.4, 0.5) is 11.5 Å². The lowest BCUT2D eigenvalue weighted by atomic mass is 10.1. The molecule has 0 spiro atoms. The molecule has 0 N–H and O–H groups in total. The summed E-state index contributed by atoms with van der Waals surface area (Å²) in [6.45, 7) is 4.13. The highest BCUT2D eigenvalue weighted by Crippen LogP contribution is 2.32. The van der Waals surface area contributed by atoms with Crippen molar-refractivity contribution in [1.82, 2.24) is 10.2 Å².